The number of anilines is 1. The van der Waals surface area contributed by atoms with Gasteiger partial charge >= 0.3 is 6.09 Å². The molecule has 8 heteroatoms. The predicted molar refractivity (Wildman–Crippen MR) is 105 cm³/mol. The van der Waals surface area contributed by atoms with Gasteiger partial charge in [0, 0.05) is 37.0 Å². The molecule has 0 spiro atoms. The van der Waals surface area contributed by atoms with Crippen molar-refractivity contribution in [2.75, 3.05) is 38.7 Å². The highest BCUT2D eigenvalue weighted by molar-refractivity contribution is 5.95. The summed E-state index contributed by atoms with van der Waals surface area (Å²) in [6.07, 6.45) is 5.24. The van der Waals surface area contributed by atoms with E-state index in [-0.39, 0.29) is 0 Å². The lowest BCUT2D eigenvalue weighted by Gasteiger charge is -2.31. The number of allylic oxidation sites excluding steroid dienone is 3. The molecule has 1 aliphatic heterocycles. The number of hydrogen-bond acceptors (Lipinski definition) is 6. The number of nitrogens with zero attached hydrogens (tertiary/aromatic N) is 3. The van der Waals surface area contributed by atoms with Gasteiger partial charge in [0.25, 0.3) is 5.69 Å². The summed E-state index contributed by atoms with van der Waals surface area (Å²) in [5.74, 6) is 0.367. The molecular weight excluding hydrogens is 360 g/mol. The molecule has 2 aliphatic rings. The number of hydrogen-bond donors (Lipinski definition) is 3. The number of carbonyl (C=O) groups excluding carboxylic acids is 1. The van der Waals surface area contributed by atoms with Crippen molar-refractivity contribution in [1.82, 2.24) is 9.80 Å². The van der Waals surface area contributed by atoms with Crippen LogP contribution in [0.25, 0.3) is 0 Å². The van der Waals surface area contributed by atoms with Crippen LogP contribution in [0, 0.1) is 13.8 Å². The Morgan fingerprint density at radius 1 is 1.18 bits per heavy atom. The Morgan fingerprint density at radius 2 is 1.86 bits per heavy atom. The maximum absolute atomic E-state index is 12.4. The molecule has 1 heterocycles. The summed E-state index contributed by atoms with van der Waals surface area (Å²) in [5.41, 5.74) is 5.42. The Bertz CT molecular complexity index is 852. The van der Waals surface area contributed by atoms with E-state index >= 15 is 0 Å². The molecule has 1 aromatic carbocycles. The number of likely N-dealkylation sites (N-methyl/N-ethyl adjacent to an activating group) is 1. The Balaban J connectivity index is 1.81. The molecule has 0 unspecified atom stereocenters. The third-order valence-electron chi connectivity index (χ3n) is 5.12. The summed E-state index contributed by atoms with van der Waals surface area (Å²) in [7, 11) is 2.02. The van der Waals surface area contributed by atoms with Gasteiger partial charge in [0.05, 0.1) is 12.5 Å². The number of ether oxygens (including phenoxy) is 1. The van der Waals surface area contributed by atoms with Crippen molar-refractivity contribution in [1.29, 1.82) is 0 Å². The second-order valence-electron chi connectivity index (χ2n) is 7.18. The maximum Gasteiger partial charge on any atom is 0.415 e. The molecule has 1 aromatic rings. The fourth-order valence-electron chi connectivity index (χ4n) is 3.15. The van der Waals surface area contributed by atoms with Crippen LogP contribution in [0.2, 0.25) is 0 Å². The molecule has 0 saturated carbocycles. The third-order valence-corrected chi connectivity index (χ3v) is 5.12. The average Bonchev–Trinajstić information content (AvgIpc) is 2.69. The fraction of sp³-hybridized carbons (Fsp3) is 0.400. The van der Waals surface area contributed by atoms with Gasteiger partial charge in [-0.15, -0.1) is 0 Å². The Morgan fingerprint density at radius 3 is 2.54 bits per heavy atom. The second kappa shape index (κ2) is 8.45. The number of aryl methyl sites for hydroxylation is 2. The normalized spacial score (nSPS) is 19.3. The van der Waals surface area contributed by atoms with Crippen molar-refractivity contribution >= 4 is 23.2 Å². The van der Waals surface area contributed by atoms with E-state index in [0.717, 1.165) is 29.0 Å². The van der Waals surface area contributed by atoms with Crippen molar-refractivity contribution in [2.24, 2.45) is 0 Å². The van der Waals surface area contributed by atoms with Crippen LogP contribution in [-0.2, 0) is 4.74 Å². The van der Waals surface area contributed by atoms with Crippen molar-refractivity contribution in [3.05, 3.63) is 47.2 Å². The van der Waals surface area contributed by atoms with Gasteiger partial charge < -0.3 is 14.5 Å². The van der Waals surface area contributed by atoms with E-state index in [0.29, 0.717) is 42.4 Å². The number of carbonyl (C=O) groups is 1. The third kappa shape index (κ3) is 4.35. The molecule has 1 aliphatic carbocycles. The van der Waals surface area contributed by atoms with Gasteiger partial charge in [-0.25, -0.2) is 4.79 Å². The van der Waals surface area contributed by atoms with Crippen molar-refractivity contribution in [3.8, 4) is 0 Å². The highest BCUT2D eigenvalue weighted by Gasteiger charge is 2.25. The second-order valence-corrected chi connectivity index (χ2v) is 7.18. The summed E-state index contributed by atoms with van der Waals surface area (Å²) >= 11 is 0. The molecule has 0 aromatic heterocycles. The van der Waals surface area contributed by atoms with Crippen LogP contribution in [0.4, 0.5) is 16.2 Å². The van der Waals surface area contributed by atoms with Crippen LogP contribution in [0.1, 0.15) is 17.5 Å². The standard InChI is InChI=1S/C20H27N4O4/c1-14-11-18(21-26)19(12-15(14)2)24(27)16-5-4-6-17(13-16)28-20(25)23-9-7-22(3)8-10-23/h4,6,11-13,21,26-27H,5,7-10H2,1-3H3/q+1/b24-16-. The van der Waals surface area contributed by atoms with Gasteiger partial charge in [-0.3, -0.25) is 15.9 Å². The predicted octanol–water partition coefficient (Wildman–Crippen LogP) is 2.81. The summed E-state index contributed by atoms with van der Waals surface area (Å²) < 4.78 is 6.50. The van der Waals surface area contributed by atoms with Gasteiger partial charge in [0.2, 0.25) is 5.71 Å². The van der Waals surface area contributed by atoms with Crippen LogP contribution in [0.5, 0.6) is 0 Å². The summed E-state index contributed by atoms with van der Waals surface area (Å²) in [6.45, 7) is 6.74. The van der Waals surface area contributed by atoms with Gasteiger partial charge in [0.15, 0.2) is 0 Å². The van der Waals surface area contributed by atoms with Gasteiger partial charge in [-0.05, 0) is 44.2 Å². The van der Waals surface area contributed by atoms with Crippen LogP contribution >= 0.6 is 0 Å². The molecule has 150 valence electrons. The zero-order valence-corrected chi connectivity index (χ0v) is 16.5. The molecule has 1 amide bonds. The topological polar surface area (TPSA) is 88.3 Å². The summed E-state index contributed by atoms with van der Waals surface area (Å²) in [6, 6.07) is 3.54. The van der Waals surface area contributed by atoms with E-state index in [4.69, 9.17) is 4.74 Å². The fourth-order valence-corrected chi connectivity index (χ4v) is 3.15. The lowest BCUT2D eigenvalue weighted by atomic mass is 10.1. The Labute approximate surface area is 164 Å². The van der Waals surface area contributed by atoms with E-state index in [1.165, 1.54) is 0 Å². The van der Waals surface area contributed by atoms with E-state index in [9.17, 15) is 15.2 Å². The SMILES string of the molecule is Cc1cc(NO)c(/[N+](O)=C2/C=C(OC(=O)N3CCN(C)CC3)C=CC2)cc1C. The minimum Gasteiger partial charge on any atom is -0.410 e. The monoisotopic (exact) mass is 387 g/mol. The average molecular weight is 387 g/mol. The molecule has 0 atom stereocenters. The van der Waals surface area contributed by atoms with Crippen LogP contribution in [0.15, 0.2) is 36.1 Å². The first kappa shape index (κ1) is 19.9. The molecule has 3 N–H and O–H groups in total. The highest BCUT2D eigenvalue weighted by atomic mass is 16.6. The van der Waals surface area contributed by atoms with Crippen molar-refractivity contribution < 1.29 is 24.7 Å². The first-order valence-electron chi connectivity index (χ1n) is 9.28. The quantitative estimate of drug-likeness (QED) is 0.420. The van der Waals surface area contributed by atoms with Crippen molar-refractivity contribution in [2.45, 2.75) is 20.3 Å². The van der Waals surface area contributed by atoms with Crippen molar-refractivity contribution in [3.63, 3.8) is 0 Å². The summed E-state index contributed by atoms with van der Waals surface area (Å²) in [5, 5.41) is 20.1. The largest absolute Gasteiger partial charge is 0.415 e. The highest BCUT2D eigenvalue weighted by Crippen LogP contribution is 2.28. The minimum absolute atomic E-state index is 0.367. The number of piperazine rings is 1. The van der Waals surface area contributed by atoms with E-state index in [1.807, 2.05) is 27.0 Å². The zero-order valence-electron chi connectivity index (χ0n) is 16.5. The first-order valence-corrected chi connectivity index (χ1v) is 9.28. The molecule has 8 nitrogen and oxygen atoms in total. The number of nitrogens with one attached hydrogen (secondary N) is 1. The van der Waals surface area contributed by atoms with Gasteiger partial charge in [-0.2, -0.15) is 0 Å². The Kier molecular flexibility index (Phi) is 6.01. The van der Waals surface area contributed by atoms with Gasteiger partial charge in [-0.1, -0.05) is 6.08 Å². The molecular formula is C20H27N4O4+. The molecule has 28 heavy (non-hydrogen) atoms. The van der Waals surface area contributed by atoms with E-state index in [2.05, 4.69) is 10.4 Å². The maximum atomic E-state index is 12.4. The first-order chi connectivity index (χ1) is 13.4. The minimum atomic E-state index is -0.390. The molecule has 1 fully saturated rings. The number of rotatable bonds is 3. The molecule has 0 radical (unpaired) electrons. The van der Waals surface area contributed by atoms with E-state index in [1.54, 1.807) is 29.2 Å². The zero-order chi connectivity index (χ0) is 20.3. The lowest BCUT2D eigenvalue weighted by molar-refractivity contribution is -0.712. The van der Waals surface area contributed by atoms with Crippen LogP contribution < -0.4 is 5.48 Å². The van der Waals surface area contributed by atoms with Crippen LogP contribution in [-0.4, -0.2) is 70.0 Å². The number of amides is 1. The summed E-state index contributed by atoms with van der Waals surface area (Å²) in [4.78, 5) is 16.2. The van der Waals surface area contributed by atoms with Crippen LogP contribution in [0.3, 0.4) is 0 Å². The molecule has 1 saturated heterocycles. The smallest absolute Gasteiger partial charge is 0.410 e. The van der Waals surface area contributed by atoms with E-state index < -0.39 is 6.09 Å². The lowest BCUT2D eigenvalue weighted by Crippen LogP contribution is -2.47. The van der Waals surface area contributed by atoms with Gasteiger partial charge in [0.1, 0.15) is 11.4 Å². The number of benzene rings is 1. The molecule has 0 bridgehead atoms. The Hall–Kier alpha value is -2.84. The molecule has 3 rings (SSSR count).